The van der Waals surface area contributed by atoms with Gasteiger partial charge in [-0.3, -0.25) is 4.79 Å². The highest BCUT2D eigenvalue weighted by Gasteiger charge is 2.12. The molecule has 0 fully saturated rings. The highest BCUT2D eigenvalue weighted by atomic mass is 35.5. The fourth-order valence-corrected chi connectivity index (χ4v) is 4.27. The molecule has 140 valence electrons. The molecule has 0 saturated heterocycles. The van der Waals surface area contributed by atoms with Crippen LogP contribution in [0.3, 0.4) is 0 Å². The van der Waals surface area contributed by atoms with Gasteiger partial charge >= 0.3 is 0 Å². The zero-order chi connectivity index (χ0) is 19.2. The molecule has 3 rings (SSSR count). The summed E-state index contributed by atoms with van der Waals surface area (Å²) in [6, 6.07) is 11.4. The number of amides is 1. The Hall–Kier alpha value is -2.09. The molecule has 0 atom stereocenters. The average molecular weight is 423 g/mol. The predicted octanol–water partition coefficient (Wildman–Crippen LogP) is 5.42. The van der Waals surface area contributed by atoms with Crippen molar-refractivity contribution in [2.24, 2.45) is 0 Å². The van der Waals surface area contributed by atoms with Gasteiger partial charge in [-0.25, -0.2) is 9.37 Å². The van der Waals surface area contributed by atoms with E-state index in [0.717, 1.165) is 9.90 Å². The van der Waals surface area contributed by atoms with Gasteiger partial charge < -0.3 is 10.1 Å². The van der Waals surface area contributed by atoms with Crippen LogP contribution in [-0.4, -0.2) is 18.0 Å². The van der Waals surface area contributed by atoms with Gasteiger partial charge in [-0.1, -0.05) is 35.5 Å². The summed E-state index contributed by atoms with van der Waals surface area (Å²) >= 11 is 9.01. The lowest BCUT2D eigenvalue weighted by Crippen LogP contribution is -2.15. The van der Waals surface area contributed by atoms with E-state index in [1.807, 2.05) is 5.38 Å². The lowest BCUT2D eigenvalue weighted by atomic mass is 10.2. The van der Waals surface area contributed by atoms with Crippen molar-refractivity contribution in [2.75, 3.05) is 12.4 Å². The van der Waals surface area contributed by atoms with Crippen LogP contribution in [0.5, 0.6) is 5.75 Å². The Morgan fingerprint density at radius 2 is 2.07 bits per heavy atom. The number of rotatable bonds is 7. The van der Waals surface area contributed by atoms with Crippen molar-refractivity contribution in [3.05, 3.63) is 69.9 Å². The Labute approximate surface area is 169 Å². The molecule has 1 N–H and O–H groups in total. The molecule has 0 aliphatic rings. The lowest BCUT2D eigenvalue weighted by molar-refractivity contribution is -0.115. The minimum absolute atomic E-state index is 0.156. The zero-order valence-corrected chi connectivity index (χ0v) is 16.8. The van der Waals surface area contributed by atoms with E-state index in [0.29, 0.717) is 27.9 Å². The third-order valence-electron chi connectivity index (χ3n) is 3.58. The van der Waals surface area contributed by atoms with Crippen molar-refractivity contribution in [1.29, 1.82) is 0 Å². The van der Waals surface area contributed by atoms with E-state index in [-0.39, 0.29) is 18.1 Å². The maximum Gasteiger partial charge on any atom is 0.230 e. The maximum absolute atomic E-state index is 12.9. The summed E-state index contributed by atoms with van der Waals surface area (Å²) in [5, 5.41) is 5.17. The second-order valence-corrected chi connectivity index (χ2v) is 8.11. The Morgan fingerprint density at radius 3 is 2.81 bits per heavy atom. The van der Waals surface area contributed by atoms with Gasteiger partial charge in [0.25, 0.3) is 0 Å². The van der Waals surface area contributed by atoms with Crippen LogP contribution in [0, 0.1) is 5.82 Å². The average Bonchev–Trinajstić information content (AvgIpc) is 3.08. The summed E-state index contributed by atoms with van der Waals surface area (Å²) in [5.74, 6) is 0.791. The summed E-state index contributed by atoms with van der Waals surface area (Å²) in [5.41, 5.74) is 2.24. The highest BCUT2D eigenvalue weighted by Crippen LogP contribution is 2.29. The first-order valence-corrected chi connectivity index (χ1v) is 10.2. The smallest absolute Gasteiger partial charge is 0.230 e. The molecule has 4 nitrogen and oxygen atoms in total. The van der Waals surface area contributed by atoms with Gasteiger partial charge in [0.1, 0.15) is 15.9 Å². The van der Waals surface area contributed by atoms with E-state index >= 15 is 0 Å². The molecule has 1 heterocycles. The monoisotopic (exact) mass is 422 g/mol. The van der Waals surface area contributed by atoms with E-state index in [1.54, 1.807) is 42.1 Å². The van der Waals surface area contributed by atoms with Crippen LogP contribution in [0.25, 0.3) is 0 Å². The minimum Gasteiger partial charge on any atom is -0.495 e. The largest absolute Gasteiger partial charge is 0.495 e. The summed E-state index contributed by atoms with van der Waals surface area (Å²) < 4.78 is 19.0. The molecule has 0 saturated carbocycles. The second kappa shape index (κ2) is 9.21. The Morgan fingerprint density at radius 1 is 1.30 bits per heavy atom. The van der Waals surface area contributed by atoms with Crippen molar-refractivity contribution in [2.45, 2.75) is 16.5 Å². The second-order valence-electron chi connectivity index (χ2n) is 5.59. The molecule has 27 heavy (non-hydrogen) atoms. The number of aromatic nitrogens is 1. The number of thiazole rings is 1. The molecular formula is C19H16ClFN2O2S2. The molecule has 3 aromatic rings. The molecule has 8 heteroatoms. The van der Waals surface area contributed by atoms with Crippen molar-refractivity contribution in [3.63, 3.8) is 0 Å². The summed E-state index contributed by atoms with van der Waals surface area (Å²) in [6.45, 7) is 0. The van der Waals surface area contributed by atoms with E-state index in [9.17, 15) is 9.18 Å². The number of halogens is 2. The fourth-order valence-electron chi connectivity index (χ4n) is 2.30. The first-order valence-electron chi connectivity index (χ1n) is 7.98. The third-order valence-corrected chi connectivity index (χ3v) is 5.96. The Bertz CT molecular complexity index is 932. The van der Waals surface area contributed by atoms with Crippen LogP contribution in [0.2, 0.25) is 5.02 Å². The number of methoxy groups -OCH3 is 1. The van der Waals surface area contributed by atoms with Gasteiger partial charge in [0.05, 0.1) is 24.9 Å². The van der Waals surface area contributed by atoms with Gasteiger partial charge in [-0.2, -0.15) is 0 Å². The van der Waals surface area contributed by atoms with E-state index < -0.39 is 0 Å². The van der Waals surface area contributed by atoms with Crippen LogP contribution in [0.1, 0.15) is 11.3 Å². The van der Waals surface area contributed by atoms with Gasteiger partial charge in [0.15, 0.2) is 0 Å². The quantitative estimate of drug-likeness (QED) is 0.516. The van der Waals surface area contributed by atoms with E-state index in [4.69, 9.17) is 16.3 Å². The molecule has 0 aliphatic heterocycles. The first-order chi connectivity index (χ1) is 13.0. The zero-order valence-electron chi connectivity index (χ0n) is 14.4. The number of carbonyl (C=O) groups is 1. The summed E-state index contributed by atoms with van der Waals surface area (Å²) in [4.78, 5) is 16.8. The number of nitrogens with zero attached hydrogens (tertiary/aromatic N) is 1. The van der Waals surface area contributed by atoms with E-state index in [1.165, 1.54) is 30.6 Å². The minimum atomic E-state index is -0.248. The van der Waals surface area contributed by atoms with Crippen molar-refractivity contribution >= 4 is 46.3 Å². The van der Waals surface area contributed by atoms with Crippen molar-refractivity contribution in [3.8, 4) is 5.75 Å². The molecule has 2 aromatic carbocycles. The number of anilines is 1. The number of benzene rings is 2. The molecule has 1 aromatic heterocycles. The molecule has 0 bridgehead atoms. The topological polar surface area (TPSA) is 51.2 Å². The lowest BCUT2D eigenvalue weighted by Gasteiger charge is -2.10. The predicted molar refractivity (Wildman–Crippen MR) is 108 cm³/mol. The SMILES string of the molecule is COc1ccc(Cl)cc1NC(=O)Cc1csc(SCc2ccc(F)cc2)n1. The van der Waals surface area contributed by atoms with Gasteiger partial charge in [0.2, 0.25) is 5.91 Å². The molecular weight excluding hydrogens is 407 g/mol. The number of hydrogen-bond donors (Lipinski definition) is 1. The molecule has 0 unspecified atom stereocenters. The summed E-state index contributed by atoms with van der Waals surface area (Å²) in [7, 11) is 1.53. The van der Waals surface area contributed by atoms with Gasteiger partial charge in [-0.05, 0) is 35.9 Å². The standard InChI is InChI=1S/C19H16ClFN2O2S2/c1-25-17-7-4-13(20)8-16(17)23-18(24)9-15-11-27-19(22-15)26-10-12-2-5-14(21)6-3-12/h2-8,11H,9-10H2,1H3,(H,23,24). The van der Waals surface area contributed by atoms with Gasteiger partial charge in [0, 0.05) is 16.2 Å². The fraction of sp³-hybridized carbons (Fsp3) is 0.158. The third kappa shape index (κ3) is 5.69. The van der Waals surface area contributed by atoms with Crippen molar-refractivity contribution in [1.82, 2.24) is 4.98 Å². The molecule has 0 aliphatic carbocycles. The van der Waals surface area contributed by atoms with Crippen LogP contribution in [-0.2, 0) is 17.0 Å². The van der Waals surface area contributed by atoms with Crippen LogP contribution < -0.4 is 10.1 Å². The van der Waals surface area contributed by atoms with Gasteiger partial charge in [-0.15, -0.1) is 11.3 Å². The molecule has 0 spiro atoms. The number of nitrogens with one attached hydrogen (secondary N) is 1. The summed E-state index contributed by atoms with van der Waals surface area (Å²) in [6.07, 6.45) is 0.156. The van der Waals surface area contributed by atoms with Crippen LogP contribution in [0.15, 0.2) is 52.2 Å². The van der Waals surface area contributed by atoms with E-state index in [2.05, 4.69) is 10.3 Å². The maximum atomic E-state index is 12.9. The van der Waals surface area contributed by atoms with Crippen molar-refractivity contribution < 1.29 is 13.9 Å². The molecule has 0 radical (unpaired) electrons. The number of carbonyl (C=O) groups excluding carboxylic acids is 1. The number of ether oxygens (including phenoxy) is 1. The van der Waals surface area contributed by atoms with Crippen LogP contribution in [0.4, 0.5) is 10.1 Å². The normalized spacial score (nSPS) is 10.6. The Kier molecular flexibility index (Phi) is 6.71. The number of hydrogen-bond acceptors (Lipinski definition) is 5. The Balaban J connectivity index is 1.56. The van der Waals surface area contributed by atoms with Crippen LogP contribution >= 0.6 is 34.7 Å². The number of thioether (sulfide) groups is 1. The first kappa shape index (κ1) is 19.7. The highest BCUT2D eigenvalue weighted by molar-refractivity contribution is 8.00. The molecule has 1 amide bonds.